The number of nitrogens with zero attached hydrogens (tertiary/aromatic N) is 3. The van der Waals surface area contributed by atoms with Gasteiger partial charge in [-0.15, -0.1) is 0 Å². The van der Waals surface area contributed by atoms with Crippen LogP contribution in [0, 0.1) is 0 Å². The molecular weight excluding hydrogens is 354 g/mol. The molecule has 7 nitrogen and oxygen atoms in total. The Balaban J connectivity index is 1.83. The number of thiazole rings is 1. The lowest BCUT2D eigenvalue weighted by atomic mass is 10.2. The van der Waals surface area contributed by atoms with Crippen molar-refractivity contribution in [1.29, 1.82) is 0 Å². The van der Waals surface area contributed by atoms with Crippen LogP contribution in [0.4, 0.5) is 5.69 Å². The highest BCUT2D eigenvalue weighted by Crippen LogP contribution is 2.33. The molecule has 3 aromatic rings. The summed E-state index contributed by atoms with van der Waals surface area (Å²) >= 11 is 1.07. The summed E-state index contributed by atoms with van der Waals surface area (Å²) in [5.41, 5.74) is 0.852. The van der Waals surface area contributed by atoms with Gasteiger partial charge in [0.2, 0.25) is 0 Å². The standard InChI is InChI=1S/C18H15N3O4S/c1-3-4-10-9-13(22)21-14-15(26-18(21)19-10)17(24)20(16(14)23)11-5-7-12(25-2)8-6-11/h5-9H,3-4H2,1-2H3. The predicted octanol–water partition coefficient (Wildman–Crippen LogP) is 2.52. The van der Waals surface area contributed by atoms with Crippen LogP contribution >= 0.6 is 11.3 Å². The largest absolute Gasteiger partial charge is 0.497 e. The summed E-state index contributed by atoms with van der Waals surface area (Å²) in [4.78, 5) is 44.3. The number of rotatable bonds is 4. The Bertz CT molecular complexity index is 1100. The zero-order chi connectivity index (χ0) is 18.4. The quantitative estimate of drug-likeness (QED) is 0.660. The number of fused-ring (bicyclic) bond motifs is 3. The lowest BCUT2D eigenvalue weighted by Gasteiger charge is -2.14. The number of methoxy groups -OCH3 is 1. The molecule has 1 aliphatic rings. The molecule has 26 heavy (non-hydrogen) atoms. The molecule has 0 N–H and O–H groups in total. The van der Waals surface area contributed by atoms with Crippen LogP contribution in [-0.2, 0) is 6.42 Å². The molecule has 2 aromatic heterocycles. The number of amides is 2. The number of carbonyl (C=O) groups is 2. The van der Waals surface area contributed by atoms with Crippen LogP contribution in [0.1, 0.15) is 39.2 Å². The van der Waals surface area contributed by atoms with E-state index in [1.165, 1.54) is 17.6 Å². The van der Waals surface area contributed by atoms with Crippen molar-refractivity contribution < 1.29 is 14.3 Å². The highest BCUT2D eigenvalue weighted by Gasteiger charge is 2.41. The summed E-state index contributed by atoms with van der Waals surface area (Å²) in [5, 5.41) is 0. The third-order valence-corrected chi connectivity index (χ3v) is 5.24. The number of anilines is 1. The second-order valence-electron chi connectivity index (χ2n) is 5.88. The summed E-state index contributed by atoms with van der Waals surface area (Å²) in [6.07, 6.45) is 1.53. The SMILES string of the molecule is CCCc1cc(=O)n2c3c(sc2n1)C(=O)N(c1ccc(OC)cc1)C3=O. The number of benzene rings is 1. The van der Waals surface area contributed by atoms with Gasteiger partial charge in [0, 0.05) is 11.8 Å². The van der Waals surface area contributed by atoms with Crippen molar-refractivity contribution >= 4 is 33.8 Å². The molecule has 2 amide bonds. The zero-order valence-electron chi connectivity index (χ0n) is 14.2. The van der Waals surface area contributed by atoms with E-state index in [2.05, 4.69) is 4.98 Å². The van der Waals surface area contributed by atoms with Crippen molar-refractivity contribution in [3.63, 3.8) is 0 Å². The molecule has 8 heteroatoms. The number of ether oxygens (including phenoxy) is 1. The molecule has 0 saturated carbocycles. The van der Waals surface area contributed by atoms with Crippen molar-refractivity contribution in [3.05, 3.63) is 57.0 Å². The molecule has 4 rings (SSSR count). The first-order valence-electron chi connectivity index (χ1n) is 8.13. The molecule has 0 bridgehead atoms. The first-order chi connectivity index (χ1) is 12.5. The Morgan fingerprint density at radius 2 is 1.85 bits per heavy atom. The number of aryl methyl sites for hydroxylation is 1. The predicted molar refractivity (Wildman–Crippen MR) is 97.5 cm³/mol. The molecular formula is C18H15N3O4S. The van der Waals surface area contributed by atoms with Gasteiger partial charge in [-0.2, -0.15) is 0 Å². The van der Waals surface area contributed by atoms with E-state index < -0.39 is 11.8 Å². The molecule has 1 aromatic carbocycles. The van der Waals surface area contributed by atoms with E-state index in [1.54, 1.807) is 24.3 Å². The molecule has 0 saturated heterocycles. The number of aromatic nitrogens is 2. The Labute approximate surface area is 152 Å². The van der Waals surface area contributed by atoms with Crippen molar-refractivity contribution in [2.24, 2.45) is 0 Å². The Morgan fingerprint density at radius 1 is 1.12 bits per heavy atom. The molecule has 0 fully saturated rings. The highest BCUT2D eigenvalue weighted by atomic mass is 32.1. The highest BCUT2D eigenvalue weighted by molar-refractivity contribution is 7.19. The van der Waals surface area contributed by atoms with E-state index in [-0.39, 0.29) is 16.1 Å². The maximum atomic E-state index is 12.9. The number of carbonyl (C=O) groups excluding carboxylic acids is 2. The monoisotopic (exact) mass is 369 g/mol. The van der Waals surface area contributed by atoms with Gasteiger partial charge in [0.15, 0.2) is 4.96 Å². The summed E-state index contributed by atoms with van der Waals surface area (Å²) in [5.74, 6) is -0.340. The van der Waals surface area contributed by atoms with Crippen molar-refractivity contribution in [3.8, 4) is 5.75 Å². The minimum Gasteiger partial charge on any atom is -0.497 e. The van der Waals surface area contributed by atoms with Gasteiger partial charge in [-0.25, -0.2) is 14.3 Å². The van der Waals surface area contributed by atoms with Crippen molar-refractivity contribution in [1.82, 2.24) is 9.38 Å². The molecule has 3 heterocycles. The normalized spacial score (nSPS) is 13.5. The molecule has 0 spiro atoms. The molecule has 1 aliphatic heterocycles. The van der Waals surface area contributed by atoms with Crippen LogP contribution < -0.4 is 15.2 Å². The number of hydrogen-bond donors (Lipinski definition) is 0. The summed E-state index contributed by atoms with van der Waals surface area (Å²) in [6.45, 7) is 2.00. The number of hydrogen-bond acceptors (Lipinski definition) is 6. The maximum absolute atomic E-state index is 12.9. The van der Waals surface area contributed by atoms with Crippen LogP contribution in [-0.4, -0.2) is 28.3 Å². The van der Waals surface area contributed by atoms with E-state index >= 15 is 0 Å². The second kappa shape index (κ2) is 6.06. The van der Waals surface area contributed by atoms with Crippen molar-refractivity contribution in [2.75, 3.05) is 12.0 Å². The van der Waals surface area contributed by atoms with Crippen LogP contribution in [0.25, 0.3) is 4.96 Å². The van der Waals surface area contributed by atoms with E-state index in [0.29, 0.717) is 28.5 Å². The molecule has 132 valence electrons. The first-order valence-corrected chi connectivity index (χ1v) is 8.95. The summed E-state index contributed by atoms with van der Waals surface area (Å²) < 4.78 is 6.34. The molecule has 0 atom stereocenters. The smallest absolute Gasteiger partial charge is 0.284 e. The second-order valence-corrected chi connectivity index (χ2v) is 6.85. The van der Waals surface area contributed by atoms with E-state index in [0.717, 1.165) is 22.7 Å². The van der Waals surface area contributed by atoms with Crippen LogP contribution in [0.2, 0.25) is 0 Å². The van der Waals surface area contributed by atoms with Gasteiger partial charge in [-0.05, 0) is 30.7 Å². The van der Waals surface area contributed by atoms with Crippen LogP contribution in [0.15, 0.2) is 35.1 Å². The van der Waals surface area contributed by atoms with Crippen molar-refractivity contribution in [2.45, 2.75) is 19.8 Å². The molecule has 0 aliphatic carbocycles. The van der Waals surface area contributed by atoms with Gasteiger partial charge in [0.25, 0.3) is 17.4 Å². The molecule has 0 radical (unpaired) electrons. The Kier molecular flexibility index (Phi) is 3.84. The fourth-order valence-electron chi connectivity index (χ4n) is 3.01. The Morgan fingerprint density at radius 3 is 2.50 bits per heavy atom. The van der Waals surface area contributed by atoms with Gasteiger partial charge in [-0.1, -0.05) is 24.7 Å². The zero-order valence-corrected chi connectivity index (χ0v) is 15.0. The third-order valence-electron chi connectivity index (χ3n) is 4.21. The third kappa shape index (κ3) is 2.33. The van der Waals surface area contributed by atoms with Gasteiger partial charge in [0.05, 0.1) is 12.8 Å². The van der Waals surface area contributed by atoms with E-state index in [9.17, 15) is 14.4 Å². The first kappa shape index (κ1) is 16.5. The maximum Gasteiger partial charge on any atom is 0.284 e. The fraction of sp³-hybridized carbons (Fsp3) is 0.222. The number of imide groups is 1. The minimum atomic E-state index is -0.520. The molecule has 0 unspecified atom stereocenters. The summed E-state index contributed by atoms with van der Waals surface area (Å²) in [7, 11) is 1.54. The Hall–Kier alpha value is -3.00. The minimum absolute atomic E-state index is 0.0892. The topological polar surface area (TPSA) is 81.0 Å². The average molecular weight is 369 g/mol. The van der Waals surface area contributed by atoms with Gasteiger partial charge in [0.1, 0.15) is 16.3 Å². The van der Waals surface area contributed by atoms with Gasteiger partial charge in [-0.3, -0.25) is 14.4 Å². The lowest BCUT2D eigenvalue weighted by Crippen LogP contribution is -2.31. The van der Waals surface area contributed by atoms with Gasteiger partial charge < -0.3 is 4.74 Å². The van der Waals surface area contributed by atoms with Gasteiger partial charge >= 0.3 is 0 Å². The summed E-state index contributed by atoms with van der Waals surface area (Å²) in [6, 6.07) is 8.04. The fourth-order valence-corrected chi connectivity index (χ4v) is 4.08. The average Bonchev–Trinajstić information content (AvgIpc) is 3.12. The van der Waals surface area contributed by atoms with E-state index in [4.69, 9.17) is 4.74 Å². The van der Waals surface area contributed by atoms with E-state index in [1.807, 2.05) is 6.92 Å². The van der Waals surface area contributed by atoms with Crippen LogP contribution in [0.5, 0.6) is 5.75 Å². The van der Waals surface area contributed by atoms with Crippen LogP contribution in [0.3, 0.4) is 0 Å². The lowest BCUT2D eigenvalue weighted by molar-refractivity contribution is 0.0925.